The maximum absolute atomic E-state index is 10.6. The summed E-state index contributed by atoms with van der Waals surface area (Å²) in [5.41, 5.74) is 11.1. The van der Waals surface area contributed by atoms with Crippen molar-refractivity contribution in [3.05, 3.63) is 72.1 Å². The molecule has 4 atom stereocenters. The van der Waals surface area contributed by atoms with Crippen LogP contribution in [0.5, 0.6) is 5.75 Å². The normalized spacial score (nSPS) is 21.9. The molecule has 0 radical (unpaired) electrons. The van der Waals surface area contributed by atoms with Gasteiger partial charge in [-0.15, -0.1) is 0 Å². The molecule has 36 heavy (non-hydrogen) atoms. The van der Waals surface area contributed by atoms with Crippen LogP contribution in [-0.2, 0) is 11.3 Å². The molecule has 2 aromatic heterocycles. The topological polar surface area (TPSA) is 173 Å². The number of nitrogen functional groups attached to an aromatic ring is 1. The molecule has 3 heterocycles. The Bertz CT molecular complexity index is 1360. The van der Waals surface area contributed by atoms with Crippen LogP contribution < -0.4 is 15.9 Å². The number of aromatic nitrogens is 4. The van der Waals surface area contributed by atoms with Crippen LogP contribution in [0.3, 0.4) is 0 Å². The van der Waals surface area contributed by atoms with Gasteiger partial charge in [-0.05, 0) is 17.7 Å². The Morgan fingerprint density at radius 2 is 1.86 bits per heavy atom. The summed E-state index contributed by atoms with van der Waals surface area (Å²) < 4.78 is 13.1. The van der Waals surface area contributed by atoms with Crippen LogP contribution in [0, 0.1) is 0 Å². The fourth-order valence-corrected chi connectivity index (χ4v) is 3.95. The zero-order valence-corrected chi connectivity index (χ0v) is 19.0. The Kier molecular flexibility index (Phi) is 6.73. The van der Waals surface area contributed by atoms with E-state index in [1.165, 1.54) is 10.9 Å². The molecule has 0 saturated carbocycles. The van der Waals surface area contributed by atoms with Gasteiger partial charge in [-0.1, -0.05) is 42.5 Å². The van der Waals surface area contributed by atoms with Crippen LogP contribution in [-0.4, -0.2) is 66.0 Å². The van der Waals surface area contributed by atoms with E-state index in [4.69, 9.17) is 15.2 Å². The molecule has 5 rings (SSSR count). The number of fused-ring (bicyclic) bond motifs is 1. The minimum Gasteiger partial charge on any atom is -0.488 e. The number of nitrogens with zero attached hydrogens (tertiary/aromatic N) is 5. The predicted octanol–water partition coefficient (Wildman–Crippen LogP) is 1.04. The summed E-state index contributed by atoms with van der Waals surface area (Å²) in [4.78, 5) is 12.6. The second-order valence-corrected chi connectivity index (χ2v) is 8.15. The van der Waals surface area contributed by atoms with Crippen LogP contribution in [0.15, 0.2) is 66.0 Å². The van der Waals surface area contributed by atoms with Gasteiger partial charge in [0.05, 0.1) is 12.8 Å². The molecule has 6 N–H and O–H groups in total. The van der Waals surface area contributed by atoms with Gasteiger partial charge in [0.15, 0.2) is 23.2 Å². The highest BCUT2D eigenvalue weighted by Crippen LogP contribution is 2.35. The number of hydrazone groups is 1. The number of rotatable bonds is 8. The average Bonchev–Trinajstić information content (AvgIpc) is 3.41. The number of aliphatic hydroxyl groups is 3. The van der Waals surface area contributed by atoms with Gasteiger partial charge in [0.2, 0.25) is 5.95 Å². The number of anilines is 2. The van der Waals surface area contributed by atoms with Gasteiger partial charge in [-0.25, -0.2) is 20.4 Å². The highest BCUT2D eigenvalue weighted by molar-refractivity contribution is 5.85. The van der Waals surface area contributed by atoms with Gasteiger partial charge in [-0.3, -0.25) is 4.57 Å². The zero-order chi connectivity index (χ0) is 25.1. The molecular weight excluding hydrogens is 466 g/mol. The average molecular weight is 492 g/mol. The number of hydrogen-bond acceptors (Lipinski definition) is 11. The van der Waals surface area contributed by atoms with Crippen LogP contribution in [0.4, 0.5) is 11.8 Å². The Hall–Kier alpha value is -4.10. The summed E-state index contributed by atoms with van der Waals surface area (Å²) in [5.74, 6) is 0.905. The minimum atomic E-state index is -1.35. The number of hydrogen-bond donors (Lipinski definition) is 5. The second-order valence-electron chi connectivity index (χ2n) is 8.15. The van der Waals surface area contributed by atoms with Crippen molar-refractivity contribution in [1.82, 2.24) is 19.5 Å². The largest absolute Gasteiger partial charge is 0.488 e. The fourth-order valence-electron chi connectivity index (χ4n) is 3.95. The first-order valence-corrected chi connectivity index (χ1v) is 11.2. The van der Waals surface area contributed by atoms with E-state index < -0.39 is 31.1 Å². The van der Waals surface area contributed by atoms with Gasteiger partial charge in [0, 0.05) is 5.56 Å². The van der Waals surface area contributed by atoms with Crippen molar-refractivity contribution >= 4 is 29.1 Å². The molecule has 0 bridgehead atoms. The summed E-state index contributed by atoms with van der Waals surface area (Å²) in [6, 6.07) is 17.2. The maximum Gasteiger partial charge on any atom is 0.228 e. The monoisotopic (exact) mass is 491 g/mol. The molecule has 4 aromatic rings. The number of benzene rings is 2. The van der Waals surface area contributed by atoms with E-state index in [0.29, 0.717) is 12.4 Å². The number of nitrogens with one attached hydrogen (secondary N) is 1. The molecule has 2 aromatic carbocycles. The molecule has 1 fully saturated rings. The lowest BCUT2D eigenvalue weighted by atomic mass is 10.1. The lowest BCUT2D eigenvalue weighted by molar-refractivity contribution is -0.0501. The molecule has 1 aliphatic rings. The molecular formula is C24H25N7O5. The number of aliphatic hydroxyl groups excluding tert-OH is 3. The number of imidazole rings is 1. The number of nitrogens with two attached hydrogens (primary N) is 1. The van der Waals surface area contributed by atoms with Crippen molar-refractivity contribution in [3.8, 4) is 5.75 Å². The van der Waals surface area contributed by atoms with Crippen LogP contribution in [0.25, 0.3) is 11.2 Å². The summed E-state index contributed by atoms with van der Waals surface area (Å²) in [6.07, 6.45) is -1.92. The SMILES string of the molecule is Nc1ncnc2c1nc(N/N=C/c1ccccc1OCc1ccccc1)n2[C@@H]1O[C@H](CO)[C@@H](O)[C@H]1O. The molecule has 12 nitrogen and oxygen atoms in total. The van der Waals surface area contributed by atoms with Crippen molar-refractivity contribution in [1.29, 1.82) is 0 Å². The van der Waals surface area contributed by atoms with E-state index in [2.05, 4.69) is 25.5 Å². The van der Waals surface area contributed by atoms with Gasteiger partial charge < -0.3 is 30.5 Å². The molecule has 0 spiro atoms. The van der Waals surface area contributed by atoms with E-state index in [-0.39, 0.29) is 22.9 Å². The lowest BCUT2D eigenvalue weighted by Crippen LogP contribution is -2.33. The fraction of sp³-hybridized carbons (Fsp3) is 0.250. The van der Waals surface area contributed by atoms with E-state index in [1.807, 2.05) is 54.6 Å². The summed E-state index contributed by atoms with van der Waals surface area (Å²) in [5, 5.41) is 34.6. The van der Waals surface area contributed by atoms with Crippen LogP contribution >= 0.6 is 0 Å². The van der Waals surface area contributed by atoms with Gasteiger partial charge in [0.1, 0.15) is 37.0 Å². The Morgan fingerprint density at radius 1 is 1.08 bits per heavy atom. The Labute approximate surface area is 205 Å². The Morgan fingerprint density at radius 3 is 2.64 bits per heavy atom. The van der Waals surface area contributed by atoms with E-state index >= 15 is 0 Å². The predicted molar refractivity (Wildman–Crippen MR) is 131 cm³/mol. The number of ether oxygens (including phenoxy) is 2. The molecule has 1 aliphatic heterocycles. The molecule has 0 aliphatic carbocycles. The third-order valence-electron chi connectivity index (χ3n) is 5.80. The van der Waals surface area contributed by atoms with Crippen molar-refractivity contribution in [2.45, 2.75) is 31.1 Å². The summed E-state index contributed by atoms with van der Waals surface area (Å²) in [7, 11) is 0. The van der Waals surface area contributed by atoms with Gasteiger partial charge >= 0.3 is 0 Å². The highest BCUT2D eigenvalue weighted by Gasteiger charge is 2.45. The van der Waals surface area contributed by atoms with E-state index in [1.54, 1.807) is 6.21 Å². The highest BCUT2D eigenvalue weighted by atomic mass is 16.6. The lowest BCUT2D eigenvalue weighted by Gasteiger charge is -2.18. The summed E-state index contributed by atoms with van der Waals surface area (Å²) >= 11 is 0. The molecule has 1 saturated heterocycles. The third-order valence-corrected chi connectivity index (χ3v) is 5.80. The third kappa shape index (κ3) is 4.57. The van der Waals surface area contributed by atoms with Gasteiger partial charge in [-0.2, -0.15) is 5.10 Å². The molecule has 186 valence electrons. The first kappa shape index (κ1) is 23.6. The second kappa shape index (κ2) is 10.3. The molecule has 0 amide bonds. The first-order valence-electron chi connectivity index (χ1n) is 11.2. The van der Waals surface area contributed by atoms with Crippen molar-refractivity contribution < 1.29 is 24.8 Å². The van der Waals surface area contributed by atoms with Crippen LogP contribution in [0.2, 0.25) is 0 Å². The standard InChI is InChI=1S/C24H25N7O5/c25-21-18-22(27-13-26-21)31(23-20(34)19(33)17(11-32)36-23)24(29-18)30-28-10-15-8-4-5-9-16(15)35-12-14-6-2-1-3-7-14/h1-10,13,17,19-20,23,32-34H,11-12H2,(H,29,30)(H2,25,26,27)/b28-10+/t17-,19-,20-,23-/m1/s1. The van der Waals surface area contributed by atoms with E-state index in [9.17, 15) is 15.3 Å². The zero-order valence-electron chi connectivity index (χ0n) is 19.0. The van der Waals surface area contributed by atoms with Crippen molar-refractivity contribution in [3.63, 3.8) is 0 Å². The van der Waals surface area contributed by atoms with Crippen molar-refractivity contribution in [2.75, 3.05) is 17.8 Å². The summed E-state index contributed by atoms with van der Waals surface area (Å²) in [6.45, 7) is -0.0721. The smallest absolute Gasteiger partial charge is 0.228 e. The quantitative estimate of drug-likeness (QED) is 0.177. The first-order chi connectivity index (χ1) is 17.6. The number of para-hydroxylation sites is 1. The maximum atomic E-state index is 10.6. The Balaban J connectivity index is 1.41. The van der Waals surface area contributed by atoms with Crippen molar-refractivity contribution in [2.24, 2.45) is 5.10 Å². The molecule has 12 heteroatoms. The minimum absolute atomic E-state index is 0.122. The van der Waals surface area contributed by atoms with E-state index in [0.717, 1.165) is 11.1 Å². The molecule has 0 unspecified atom stereocenters. The van der Waals surface area contributed by atoms with Crippen LogP contribution in [0.1, 0.15) is 17.4 Å². The van der Waals surface area contributed by atoms with Gasteiger partial charge in [0.25, 0.3) is 0 Å².